The molecule has 1 aliphatic rings. The molecule has 1 saturated heterocycles. The summed E-state index contributed by atoms with van der Waals surface area (Å²) in [5.41, 5.74) is 1.29. The Bertz CT molecular complexity index is 473. The zero-order chi connectivity index (χ0) is 14.5. The molecule has 2 rings (SSSR count). The first-order chi connectivity index (χ1) is 9.65. The molecule has 0 aromatic heterocycles. The number of carboxylic acid groups (broad SMARTS) is 1. The van der Waals surface area contributed by atoms with Crippen molar-refractivity contribution in [2.45, 2.75) is 45.2 Å². The van der Waals surface area contributed by atoms with Crippen molar-refractivity contribution in [3.8, 4) is 5.75 Å². The average Bonchev–Trinajstić information content (AvgIpc) is 2.47. The van der Waals surface area contributed by atoms with Gasteiger partial charge in [0.2, 0.25) is 0 Å². The van der Waals surface area contributed by atoms with Crippen molar-refractivity contribution in [3.05, 3.63) is 29.3 Å². The Labute approximate surface area is 120 Å². The number of ether oxygens (including phenoxy) is 1. The van der Waals surface area contributed by atoms with Crippen LogP contribution in [-0.4, -0.2) is 35.7 Å². The molecular weight excluding hydrogens is 254 g/mol. The lowest BCUT2D eigenvalue weighted by Crippen LogP contribution is -2.38. The molecule has 1 fully saturated rings. The number of aromatic carboxylic acids is 1. The summed E-state index contributed by atoms with van der Waals surface area (Å²) in [5, 5.41) is 9.23. The van der Waals surface area contributed by atoms with Crippen LogP contribution in [-0.2, 0) is 6.54 Å². The van der Waals surface area contributed by atoms with Crippen LogP contribution in [0.15, 0.2) is 18.2 Å². The van der Waals surface area contributed by atoms with E-state index in [1.807, 2.05) is 6.07 Å². The van der Waals surface area contributed by atoms with E-state index < -0.39 is 5.97 Å². The van der Waals surface area contributed by atoms with E-state index in [9.17, 15) is 9.90 Å². The number of piperidine rings is 1. The lowest BCUT2D eigenvalue weighted by Gasteiger charge is -2.35. The SMILES string of the molecule is CCC1CCCCN1Cc1ccc(OC)c(C(=O)O)c1. The molecule has 0 spiro atoms. The smallest absolute Gasteiger partial charge is 0.339 e. The molecule has 1 N–H and O–H groups in total. The van der Waals surface area contributed by atoms with Gasteiger partial charge < -0.3 is 9.84 Å². The standard InChI is InChI=1S/C16H23NO3/c1-3-13-6-4-5-9-17(13)11-12-7-8-15(20-2)14(10-12)16(18)19/h7-8,10,13H,3-6,9,11H2,1-2H3,(H,18,19). The third-order valence-electron chi connectivity index (χ3n) is 4.10. The third kappa shape index (κ3) is 3.31. The highest BCUT2D eigenvalue weighted by molar-refractivity contribution is 5.91. The number of benzene rings is 1. The summed E-state index contributed by atoms with van der Waals surface area (Å²) in [6, 6.07) is 6.08. The number of hydrogen-bond donors (Lipinski definition) is 1. The first kappa shape index (κ1) is 14.9. The molecule has 1 aromatic rings. The summed E-state index contributed by atoms with van der Waals surface area (Å²) in [7, 11) is 1.50. The Balaban J connectivity index is 2.16. The normalized spacial score (nSPS) is 19.8. The molecule has 1 heterocycles. The van der Waals surface area contributed by atoms with Crippen molar-refractivity contribution in [2.24, 2.45) is 0 Å². The largest absolute Gasteiger partial charge is 0.496 e. The molecule has 1 unspecified atom stereocenters. The van der Waals surface area contributed by atoms with E-state index in [0.717, 1.165) is 25.1 Å². The third-order valence-corrected chi connectivity index (χ3v) is 4.10. The summed E-state index contributed by atoms with van der Waals surface area (Å²) in [5.74, 6) is -0.513. The van der Waals surface area contributed by atoms with Crippen molar-refractivity contribution in [1.82, 2.24) is 4.90 Å². The minimum absolute atomic E-state index is 0.245. The first-order valence-corrected chi connectivity index (χ1v) is 7.30. The summed E-state index contributed by atoms with van der Waals surface area (Å²) in [6.07, 6.45) is 4.94. The van der Waals surface area contributed by atoms with Gasteiger partial charge >= 0.3 is 5.97 Å². The number of carboxylic acids is 1. The second-order valence-electron chi connectivity index (χ2n) is 5.37. The maximum atomic E-state index is 11.3. The summed E-state index contributed by atoms with van der Waals surface area (Å²) in [6.45, 7) is 4.15. The Morgan fingerprint density at radius 1 is 1.45 bits per heavy atom. The number of carbonyl (C=O) groups is 1. The zero-order valence-corrected chi connectivity index (χ0v) is 12.3. The summed E-state index contributed by atoms with van der Waals surface area (Å²) in [4.78, 5) is 13.7. The van der Waals surface area contributed by atoms with Gasteiger partial charge in [-0.15, -0.1) is 0 Å². The van der Waals surface area contributed by atoms with Gasteiger partial charge in [0.05, 0.1) is 7.11 Å². The molecule has 110 valence electrons. The van der Waals surface area contributed by atoms with E-state index in [1.54, 1.807) is 12.1 Å². The maximum Gasteiger partial charge on any atom is 0.339 e. The number of rotatable bonds is 5. The summed E-state index contributed by atoms with van der Waals surface area (Å²) < 4.78 is 5.10. The molecule has 0 bridgehead atoms. The van der Waals surface area contributed by atoms with Crippen LogP contribution in [0.3, 0.4) is 0 Å². The van der Waals surface area contributed by atoms with Crippen LogP contribution in [0.4, 0.5) is 0 Å². The van der Waals surface area contributed by atoms with Crippen molar-refractivity contribution < 1.29 is 14.6 Å². The fourth-order valence-corrected chi connectivity index (χ4v) is 2.99. The van der Waals surface area contributed by atoms with Crippen LogP contribution in [0.25, 0.3) is 0 Å². The van der Waals surface area contributed by atoms with E-state index in [0.29, 0.717) is 11.8 Å². The molecule has 0 aliphatic carbocycles. The van der Waals surface area contributed by atoms with Gasteiger partial charge in [-0.1, -0.05) is 19.4 Å². The van der Waals surface area contributed by atoms with E-state index in [4.69, 9.17) is 4.74 Å². The Morgan fingerprint density at radius 2 is 2.25 bits per heavy atom. The van der Waals surface area contributed by atoms with Crippen LogP contribution < -0.4 is 4.74 Å². The monoisotopic (exact) mass is 277 g/mol. The van der Waals surface area contributed by atoms with Gasteiger partial charge in [0.15, 0.2) is 0 Å². The fraction of sp³-hybridized carbons (Fsp3) is 0.562. The molecule has 4 heteroatoms. The molecule has 0 radical (unpaired) electrons. The lowest BCUT2D eigenvalue weighted by molar-refractivity contribution is 0.0693. The molecule has 0 amide bonds. The van der Waals surface area contributed by atoms with Gasteiger partial charge in [0.1, 0.15) is 11.3 Å². The van der Waals surface area contributed by atoms with E-state index in [1.165, 1.54) is 26.4 Å². The summed E-state index contributed by atoms with van der Waals surface area (Å²) >= 11 is 0. The fourth-order valence-electron chi connectivity index (χ4n) is 2.99. The molecule has 1 aliphatic heterocycles. The zero-order valence-electron chi connectivity index (χ0n) is 12.3. The average molecular weight is 277 g/mol. The molecule has 0 saturated carbocycles. The van der Waals surface area contributed by atoms with Crippen LogP contribution >= 0.6 is 0 Å². The predicted octanol–water partition coefficient (Wildman–Crippen LogP) is 3.16. The molecular formula is C16H23NO3. The van der Waals surface area contributed by atoms with Gasteiger partial charge in [-0.25, -0.2) is 4.79 Å². The number of likely N-dealkylation sites (tertiary alicyclic amines) is 1. The van der Waals surface area contributed by atoms with Crippen molar-refractivity contribution in [3.63, 3.8) is 0 Å². The second kappa shape index (κ2) is 6.75. The molecule has 1 aromatic carbocycles. The van der Waals surface area contributed by atoms with Crippen LogP contribution in [0, 0.1) is 0 Å². The van der Waals surface area contributed by atoms with E-state index in [-0.39, 0.29) is 5.56 Å². The van der Waals surface area contributed by atoms with Crippen LogP contribution in [0.5, 0.6) is 5.75 Å². The van der Waals surface area contributed by atoms with Gasteiger partial charge in [-0.05, 0) is 43.5 Å². The number of methoxy groups -OCH3 is 1. The van der Waals surface area contributed by atoms with Crippen molar-refractivity contribution in [1.29, 1.82) is 0 Å². The van der Waals surface area contributed by atoms with Gasteiger partial charge in [-0.2, -0.15) is 0 Å². The predicted molar refractivity (Wildman–Crippen MR) is 78.3 cm³/mol. The Kier molecular flexibility index (Phi) is 5.01. The van der Waals surface area contributed by atoms with Gasteiger partial charge in [0.25, 0.3) is 0 Å². The van der Waals surface area contributed by atoms with Crippen molar-refractivity contribution >= 4 is 5.97 Å². The Morgan fingerprint density at radius 3 is 2.90 bits per heavy atom. The highest BCUT2D eigenvalue weighted by atomic mass is 16.5. The van der Waals surface area contributed by atoms with Crippen LogP contribution in [0.1, 0.15) is 48.5 Å². The van der Waals surface area contributed by atoms with Gasteiger partial charge in [0, 0.05) is 12.6 Å². The minimum atomic E-state index is -0.936. The maximum absolute atomic E-state index is 11.3. The molecule has 1 atom stereocenters. The van der Waals surface area contributed by atoms with E-state index in [2.05, 4.69) is 11.8 Å². The Hall–Kier alpha value is -1.55. The van der Waals surface area contributed by atoms with E-state index >= 15 is 0 Å². The molecule has 20 heavy (non-hydrogen) atoms. The molecule has 4 nitrogen and oxygen atoms in total. The topological polar surface area (TPSA) is 49.8 Å². The quantitative estimate of drug-likeness (QED) is 0.898. The number of nitrogens with zero attached hydrogens (tertiary/aromatic N) is 1. The van der Waals surface area contributed by atoms with Crippen molar-refractivity contribution in [2.75, 3.05) is 13.7 Å². The number of hydrogen-bond acceptors (Lipinski definition) is 3. The highest BCUT2D eigenvalue weighted by Crippen LogP contribution is 2.24. The highest BCUT2D eigenvalue weighted by Gasteiger charge is 2.21. The second-order valence-corrected chi connectivity index (χ2v) is 5.37. The van der Waals surface area contributed by atoms with Gasteiger partial charge in [-0.3, -0.25) is 4.90 Å². The minimum Gasteiger partial charge on any atom is -0.496 e. The lowest BCUT2D eigenvalue weighted by atomic mass is 9.99. The van der Waals surface area contributed by atoms with Crippen LogP contribution in [0.2, 0.25) is 0 Å². The first-order valence-electron chi connectivity index (χ1n) is 7.30.